The minimum atomic E-state index is -0.918. The van der Waals surface area contributed by atoms with Crippen molar-refractivity contribution in [1.29, 1.82) is 0 Å². The fourth-order valence-corrected chi connectivity index (χ4v) is 2.16. The monoisotopic (exact) mass is 345 g/mol. The van der Waals surface area contributed by atoms with Gasteiger partial charge in [0.25, 0.3) is 5.56 Å². The number of ether oxygens (including phenoxy) is 1. The first kappa shape index (κ1) is 18.2. The van der Waals surface area contributed by atoms with Crippen LogP contribution in [0.15, 0.2) is 41.2 Å². The predicted octanol–water partition coefficient (Wildman–Crippen LogP) is 0.900. The number of rotatable bonds is 8. The van der Waals surface area contributed by atoms with Crippen molar-refractivity contribution in [2.24, 2.45) is 0 Å². The maximum absolute atomic E-state index is 11.9. The van der Waals surface area contributed by atoms with Gasteiger partial charge in [0.05, 0.1) is 12.8 Å². The van der Waals surface area contributed by atoms with Gasteiger partial charge in [0.2, 0.25) is 5.91 Å². The van der Waals surface area contributed by atoms with E-state index in [1.807, 2.05) is 6.07 Å². The van der Waals surface area contributed by atoms with Crippen LogP contribution in [0.3, 0.4) is 0 Å². The summed E-state index contributed by atoms with van der Waals surface area (Å²) in [7, 11) is 1.56. The van der Waals surface area contributed by atoms with Crippen molar-refractivity contribution in [3.8, 4) is 17.0 Å². The van der Waals surface area contributed by atoms with Gasteiger partial charge < -0.3 is 15.2 Å². The number of methoxy groups -OCH3 is 1. The molecule has 0 atom stereocenters. The number of hydrogen-bond acceptors (Lipinski definition) is 5. The average Bonchev–Trinajstić information content (AvgIpc) is 2.60. The van der Waals surface area contributed by atoms with Gasteiger partial charge in [0.15, 0.2) is 0 Å². The summed E-state index contributed by atoms with van der Waals surface area (Å²) in [6, 6.07) is 10.1. The molecule has 1 heterocycles. The standard InChI is InChI=1S/C17H19N3O5/c1-25-13-5-2-4-12(10-13)14-7-8-16(22)20(19-14)11-15(21)18-9-3-6-17(23)24/h2,4-5,7-8,10H,3,6,9,11H2,1H3,(H,18,21)(H,23,24). The first-order valence-corrected chi connectivity index (χ1v) is 7.70. The second-order valence-corrected chi connectivity index (χ2v) is 5.29. The number of carboxylic acids is 1. The Labute approximate surface area is 144 Å². The van der Waals surface area contributed by atoms with E-state index >= 15 is 0 Å². The summed E-state index contributed by atoms with van der Waals surface area (Å²) < 4.78 is 6.24. The Morgan fingerprint density at radius 3 is 2.80 bits per heavy atom. The molecule has 1 aromatic heterocycles. The molecule has 0 radical (unpaired) electrons. The second-order valence-electron chi connectivity index (χ2n) is 5.29. The topological polar surface area (TPSA) is 111 Å². The maximum atomic E-state index is 11.9. The zero-order valence-electron chi connectivity index (χ0n) is 13.8. The molecule has 1 amide bonds. The van der Waals surface area contributed by atoms with Crippen LogP contribution in [0.4, 0.5) is 0 Å². The third kappa shape index (κ3) is 5.45. The molecule has 0 aliphatic carbocycles. The summed E-state index contributed by atoms with van der Waals surface area (Å²) in [5, 5.41) is 15.3. The summed E-state index contributed by atoms with van der Waals surface area (Å²) in [5.74, 6) is -0.658. The van der Waals surface area contributed by atoms with E-state index in [-0.39, 0.29) is 19.5 Å². The van der Waals surface area contributed by atoms with Gasteiger partial charge in [-0.2, -0.15) is 5.10 Å². The van der Waals surface area contributed by atoms with Crippen molar-refractivity contribution in [1.82, 2.24) is 15.1 Å². The zero-order chi connectivity index (χ0) is 18.2. The molecule has 0 bridgehead atoms. The summed E-state index contributed by atoms with van der Waals surface area (Å²) in [4.78, 5) is 34.2. The Hall–Kier alpha value is -3.16. The van der Waals surface area contributed by atoms with Crippen LogP contribution in [0.2, 0.25) is 0 Å². The van der Waals surface area contributed by atoms with E-state index in [1.165, 1.54) is 6.07 Å². The Balaban J connectivity index is 2.07. The average molecular weight is 345 g/mol. The van der Waals surface area contributed by atoms with Gasteiger partial charge >= 0.3 is 5.97 Å². The number of nitrogens with zero attached hydrogens (tertiary/aromatic N) is 2. The lowest BCUT2D eigenvalue weighted by Crippen LogP contribution is -2.34. The van der Waals surface area contributed by atoms with Gasteiger partial charge in [0.1, 0.15) is 12.3 Å². The van der Waals surface area contributed by atoms with Crippen LogP contribution in [0.1, 0.15) is 12.8 Å². The molecule has 25 heavy (non-hydrogen) atoms. The molecular weight excluding hydrogens is 326 g/mol. The Kier molecular flexibility index (Phi) is 6.27. The molecule has 0 saturated heterocycles. The first-order chi connectivity index (χ1) is 12.0. The van der Waals surface area contributed by atoms with E-state index in [4.69, 9.17) is 9.84 Å². The van der Waals surface area contributed by atoms with Crippen LogP contribution in [0, 0.1) is 0 Å². The lowest BCUT2D eigenvalue weighted by molar-refractivity contribution is -0.137. The maximum Gasteiger partial charge on any atom is 0.303 e. The van der Waals surface area contributed by atoms with Crippen molar-refractivity contribution in [2.45, 2.75) is 19.4 Å². The molecule has 0 spiro atoms. The molecule has 0 unspecified atom stereocenters. The minimum Gasteiger partial charge on any atom is -0.497 e. The number of benzene rings is 1. The highest BCUT2D eigenvalue weighted by atomic mass is 16.5. The van der Waals surface area contributed by atoms with Crippen molar-refractivity contribution in [3.63, 3.8) is 0 Å². The van der Waals surface area contributed by atoms with Gasteiger partial charge in [-0.05, 0) is 24.6 Å². The number of amides is 1. The smallest absolute Gasteiger partial charge is 0.303 e. The second kappa shape index (κ2) is 8.62. The molecule has 8 heteroatoms. The highest BCUT2D eigenvalue weighted by molar-refractivity contribution is 5.75. The summed E-state index contributed by atoms with van der Waals surface area (Å²) >= 11 is 0. The highest BCUT2D eigenvalue weighted by Crippen LogP contribution is 2.20. The lowest BCUT2D eigenvalue weighted by atomic mass is 10.1. The summed E-state index contributed by atoms with van der Waals surface area (Å²) in [6.45, 7) is -0.000822. The quantitative estimate of drug-likeness (QED) is 0.688. The fraction of sp³-hybridized carbons (Fsp3) is 0.294. The van der Waals surface area contributed by atoms with Gasteiger partial charge in [-0.15, -0.1) is 0 Å². The van der Waals surface area contributed by atoms with Gasteiger partial charge in [0, 0.05) is 24.6 Å². The molecule has 2 aromatic rings. The van der Waals surface area contributed by atoms with Crippen LogP contribution in [-0.4, -0.2) is 40.4 Å². The molecule has 132 valence electrons. The molecule has 2 rings (SSSR count). The first-order valence-electron chi connectivity index (χ1n) is 7.70. The molecule has 2 N–H and O–H groups in total. The largest absolute Gasteiger partial charge is 0.497 e. The predicted molar refractivity (Wildman–Crippen MR) is 90.4 cm³/mol. The third-order valence-corrected chi connectivity index (χ3v) is 3.42. The van der Waals surface area contributed by atoms with Crippen LogP contribution >= 0.6 is 0 Å². The van der Waals surface area contributed by atoms with E-state index in [0.29, 0.717) is 17.9 Å². The summed E-state index contributed by atoms with van der Waals surface area (Å²) in [5.41, 5.74) is 0.902. The molecular formula is C17H19N3O5. The van der Waals surface area contributed by atoms with Crippen LogP contribution in [-0.2, 0) is 16.1 Å². The van der Waals surface area contributed by atoms with E-state index in [9.17, 15) is 14.4 Å². The van der Waals surface area contributed by atoms with Gasteiger partial charge in [-0.3, -0.25) is 14.4 Å². The lowest BCUT2D eigenvalue weighted by Gasteiger charge is -2.08. The van der Waals surface area contributed by atoms with E-state index in [2.05, 4.69) is 10.4 Å². The van der Waals surface area contributed by atoms with Crippen LogP contribution in [0.5, 0.6) is 5.75 Å². The number of carbonyl (C=O) groups excluding carboxylic acids is 1. The Bertz CT molecular complexity index is 816. The van der Waals surface area contributed by atoms with Crippen molar-refractivity contribution >= 4 is 11.9 Å². The number of nitrogens with one attached hydrogen (secondary N) is 1. The van der Waals surface area contributed by atoms with Crippen LogP contribution in [0.25, 0.3) is 11.3 Å². The molecule has 8 nitrogen and oxygen atoms in total. The molecule has 1 aromatic carbocycles. The van der Waals surface area contributed by atoms with E-state index in [0.717, 1.165) is 10.2 Å². The Morgan fingerprint density at radius 2 is 2.08 bits per heavy atom. The highest BCUT2D eigenvalue weighted by Gasteiger charge is 2.08. The number of aromatic nitrogens is 2. The number of carbonyl (C=O) groups is 2. The zero-order valence-corrected chi connectivity index (χ0v) is 13.8. The van der Waals surface area contributed by atoms with Crippen molar-refractivity contribution in [2.75, 3.05) is 13.7 Å². The van der Waals surface area contributed by atoms with Gasteiger partial charge in [-0.25, -0.2) is 4.68 Å². The number of aliphatic carboxylic acids is 1. The number of hydrogen-bond donors (Lipinski definition) is 2. The van der Waals surface area contributed by atoms with E-state index < -0.39 is 17.4 Å². The summed E-state index contributed by atoms with van der Waals surface area (Å²) in [6.07, 6.45) is 0.303. The Morgan fingerprint density at radius 1 is 1.28 bits per heavy atom. The molecule has 0 aliphatic rings. The molecule has 0 aliphatic heterocycles. The van der Waals surface area contributed by atoms with E-state index in [1.54, 1.807) is 31.4 Å². The third-order valence-electron chi connectivity index (χ3n) is 3.42. The fourth-order valence-electron chi connectivity index (χ4n) is 2.16. The SMILES string of the molecule is COc1cccc(-c2ccc(=O)n(CC(=O)NCCCC(=O)O)n2)c1. The molecule has 0 saturated carbocycles. The normalized spacial score (nSPS) is 10.3. The van der Waals surface area contributed by atoms with Gasteiger partial charge in [-0.1, -0.05) is 12.1 Å². The van der Waals surface area contributed by atoms with Crippen molar-refractivity contribution in [3.05, 3.63) is 46.8 Å². The van der Waals surface area contributed by atoms with Crippen LogP contribution < -0.4 is 15.6 Å². The molecule has 0 fully saturated rings. The number of carboxylic acid groups (broad SMARTS) is 1. The minimum absolute atomic E-state index is 0.0240. The van der Waals surface area contributed by atoms with Crippen molar-refractivity contribution < 1.29 is 19.4 Å².